The van der Waals surface area contributed by atoms with Crippen LogP contribution in [0.3, 0.4) is 0 Å². The number of terminal acetylenes is 1. The summed E-state index contributed by atoms with van der Waals surface area (Å²) in [7, 11) is -3.74. The fraction of sp³-hybridized carbons (Fsp3) is 0.615. The van der Waals surface area contributed by atoms with E-state index in [0.29, 0.717) is 25.7 Å². The second-order valence-electron chi connectivity index (χ2n) is 16.2. The van der Waals surface area contributed by atoms with E-state index < -0.39 is 68.5 Å². The second-order valence-corrected chi connectivity index (χ2v) is 18.2. The molecule has 1 aromatic carbocycles. The van der Waals surface area contributed by atoms with Gasteiger partial charge < -0.3 is 26.2 Å². The maximum absolute atomic E-state index is 14.5. The standard InChI is InChI=1S/C39H55N5O7S/c1-8-10-13-20-28(31(45)34(47)40-23-9-2)41-33(46)30-29-27(38(29,6)7)24-44(30)35(48)32(37(3,4)5)42-36(49)43-39(21-16-12-17-22-39)25-52(50,51)26-18-14-11-15-19-26/h1,9,11,14-15,18-19,27-30,32H,2,10,12-13,16-17,20-25H2,3-7H3,(H,40,47)(H,41,46)(H2,42,43,49)/t27-,28?,29-,30-,32+/m0/s1. The Kier molecular flexibility index (Phi) is 12.7. The first kappa shape index (κ1) is 40.6. The van der Waals surface area contributed by atoms with Crippen LogP contribution in [-0.4, -0.2) is 85.4 Å². The lowest BCUT2D eigenvalue weighted by Gasteiger charge is -2.40. The van der Waals surface area contributed by atoms with Gasteiger partial charge in [0.1, 0.15) is 12.1 Å². The highest BCUT2D eigenvalue weighted by atomic mass is 32.2. The highest BCUT2D eigenvalue weighted by molar-refractivity contribution is 7.91. The Hall–Kier alpha value is -4.18. The monoisotopic (exact) mass is 737 g/mol. The van der Waals surface area contributed by atoms with Crippen molar-refractivity contribution in [2.75, 3.05) is 18.8 Å². The van der Waals surface area contributed by atoms with Crippen molar-refractivity contribution in [2.24, 2.45) is 22.7 Å². The quantitative estimate of drug-likeness (QED) is 0.0924. The van der Waals surface area contributed by atoms with Crippen LogP contribution < -0.4 is 21.3 Å². The molecule has 3 fully saturated rings. The number of likely N-dealkylation sites (tertiary alicyclic amines) is 1. The second kappa shape index (κ2) is 16.2. The number of nitrogens with one attached hydrogen (secondary N) is 4. The van der Waals surface area contributed by atoms with Gasteiger partial charge in [-0.05, 0) is 60.5 Å². The molecule has 1 unspecified atom stereocenters. The van der Waals surface area contributed by atoms with Gasteiger partial charge in [0.15, 0.2) is 9.84 Å². The Bertz CT molecular complexity index is 1670. The number of carbonyl (C=O) groups excluding carboxylic acids is 5. The lowest BCUT2D eigenvalue weighted by atomic mass is 9.83. The van der Waals surface area contributed by atoms with Gasteiger partial charge in [0, 0.05) is 19.5 Å². The van der Waals surface area contributed by atoms with E-state index in [9.17, 15) is 32.4 Å². The number of amides is 5. The van der Waals surface area contributed by atoms with Gasteiger partial charge in [0.2, 0.25) is 17.6 Å². The molecular weight excluding hydrogens is 683 g/mol. The van der Waals surface area contributed by atoms with Crippen molar-refractivity contribution < 1.29 is 32.4 Å². The number of ketones is 1. The molecule has 0 spiro atoms. The summed E-state index contributed by atoms with van der Waals surface area (Å²) in [4.78, 5) is 69.9. The predicted octanol–water partition coefficient (Wildman–Crippen LogP) is 3.52. The SMILES string of the molecule is C#CCCCC(NC(=O)[C@@H]1[C@@H]2[C@H](CN1C(=O)[C@@H](NC(=O)NC1(CS(=O)(=O)c3ccccc3)CCCCC1)C(C)(C)C)C2(C)C)C(=O)C(=O)NCC=C. The summed E-state index contributed by atoms with van der Waals surface area (Å²) in [5, 5.41) is 11.1. The van der Waals surface area contributed by atoms with Gasteiger partial charge in [0.05, 0.1) is 22.2 Å². The van der Waals surface area contributed by atoms with Crippen molar-refractivity contribution in [1.82, 2.24) is 26.2 Å². The number of unbranched alkanes of at least 4 members (excludes halogenated alkanes) is 1. The molecule has 52 heavy (non-hydrogen) atoms. The highest BCUT2D eigenvalue weighted by Crippen LogP contribution is 2.65. The molecule has 284 valence electrons. The first-order chi connectivity index (χ1) is 24.4. The normalized spacial score (nSPS) is 22.8. The molecule has 0 bridgehead atoms. The summed E-state index contributed by atoms with van der Waals surface area (Å²) in [6.07, 6.45) is 11.1. The minimum atomic E-state index is -3.74. The Morgan fingerprint density at radius 2 is 1.71 bits per heavy atom. The molecule has 4 N–H and O–H groups in total. The van der Waals surface area contributed by atoms with Crippen molar-refractivity contribution >= 4 is 39.4 Å². The zero-order valence-corrected chi connectivity index (χ0v) is 31.9. The molecule has 3 aliphatic rings. The molecule has 5 atom stereocenters. The zero-order chi connectivity index (χ0) is 38.5. The van der Waals surface area contributed by atoms with Crippen LogP contribution in [0.25, 0.3) is 0 Å². The van der Waals surface area contributed by atoms with Crippen molar-refractivity contribution in [1.29, 1.82) is 0 Å². The third-order valence-corrected chi connectivity index (χ3v) is 12.9. The van der Waals surface area contributed by atoms with E-state index in [1.807, 2.05) is 34.6 Å². The number of benzene rings is 1. The summed E-state index contributed by atoms with van der Waals surface area (Å²) in [6, 6.07) is 4.33. The van der Waals surface area contributed by atoms with Gasteiger partial charge >= 0.3 is 6.03 Å². The summed E-state index contributed by atoms with van der Waals surface area (Å²) in [6.45, 7) is 13.4. The summed E-state index contributed by atoms with van der Waals surface area (Å²) in [5.41, 5.74) is -2.07. The first-order valence-electron chi connectivity index (χ1n) is 18.2. The predicted molar refractivity (Wildman–Crippen MR) is 198 cm³/mol. The summed E-state index contributed by atoms with van der Waals surface area (Å²) < 4.78 is 27.0. The minimum Gasteiger partial charge on any atom is -0.346 e. The lowest BCUT2D eigenvalue weighted by Crippen LogP contribution is -2.63. The Morgan fingerprint density at radius 1 is 1.06 bits per heavy atom. The lowest BCUT2D eigenvalue weighted by molar-refractivity contribution is -0.145. The van der Waals surface area contributed by atoms with Crippen molar-refractivity contribution in [3.8, 4) is 12.3 Å². The molecule has 2 saturated carbocycles. The number of nitrogens with zero attached hydrogens (tertiary/aromatic N) is 1. The number of piperidine rings is 1. The van der Waals surface area contributed by atoms with E-state index in [0.717, 1.165) is 19.3 Å². The van der Waals surface area contributed by atoms with Gasteiger partial charge in [-0.2, -0.15) is 0 Å². The van der Waals surface area contributed by atoms with Gasteiger partial charge in [-0.25, -0.2) is 13.2 Å². The van der Waals surface area contributed by atoms with Crippen LogP contribution in [0.15, 0.2) is 47.9 Å². The smallest absolute Gasteiger partial charge is 0.315 e. The molecule has 4 rings (SSSR count). The highest BCUT2D eigenvalue weighted by Gasteiger charge is 2.70. The molecule has 1 aliphatic heterocycles. The van der Waals surface area contributed by atoms with Crippen LogP contribution in [0.5, 0.6) is 0 Å². The fourth-order valence-corrected chi connectivity index (χ4v) is 9.82. The molecular formula is C39H55N5O7S. The number of rotatable bonds is 15. The third kappa shape index (κ3) is 9.24. The van der Waals surface area contributed by atoms with E-state index in [4.69, 9.17) is 6.42 Å². The minimum absolute atomic E-state index is 0.0156. The number of sulfone groups is 1. The van der Waals surface area contributed by atoms with E-state index in [-0.39, 0.29) is 47.4 Å². The molecule has 2 aliphatic carbocycles. The molecule has 5 amide bonds. The van der Waals surface area contributed by atoms with Crippen LogP contribution >= 0.6 is 0 Å². The number of hydrogen-bond donors (Lipinski definition) is 4. The van der Waals surface area contributed by atoms with Crippen molar-refractivity contribution in [3.05, 3.63) is 43.0 Å². The largest absolute Gasteiger partial charge is 0.346 e. The van der Waals surface area contributed by atoms with E-state index >= 15 is 0 Å². The average Bonchev–Trinajstić information content (AvgIpc) is 3.38. The van der Waals surface area contributed by atoms with Crippen LogP contribution in [-0.2, 0) is 29.0 Å². The van der Waals surface area contributed by atoms with E-state index in [2.05, 4.69) is 33.8 Å². The number of fused-ring (bicyclic) bond motifs is 1. The van der Waals surface area contributed by atoms with Crippen molar-refractivity contribution in [3.63, 3.8) is 0 Å². The van der Waals surface area contributed by atoms with Crippen LogP contribution in [0.1, 0.15) is 86.0 Å². The molecule has 1 saturated heterocycles. The summed E-state index contributed by atoms with van der Waals surface area (Å²) in [5.74, 6) is -0.625. The molecule has 0 radical (unpaired) electrons. The van der Waals surface area contributed by atoms with Crippen LogP contribution in [0, 0.1) is 35.0 Å². The zero-order valence-electron chi connectivity index (χ0n) is 31.1. The van der Waals surface area contributed by atoms with Gasteiger partial charge in [0.25, 0.3) is 5.91 Å². The van der Waals surface area contributed by atoms with Crippen LogP contribution in [0.4, 0.5) is 4.79 Å². The Morgan fingerprint density at radius 3 is 2.31 bits per heavy atom. The first-order valence-corrected chi connectivity index (χ1v) is 19.9. The Labute approximate surface area is 308 Å². The molecule has 13 heteroatoms. The molecule has 1 aromatic rings. The summed E-state index contributed by atoms with van der Waals surface area (Å²) >= 11 is 0. The number of carbonyl (C=O) groups is 5. The average molecular weight is 738 g/mol. The number of urea groups is 1. The molecule has 0 aromatic heterocycles. The Balaban J connectivity index is 1.56. The van der Waals surface area contributed by atoms with Crippen LogP contribution in [0.2, 0.25) is 0 Å². The number of Topliss-reactive ketones (excluding diaryl/α,β-unsaturated/α-hetero) is 1. The van der Waals surface area contributed by atoms with E-state index in [1.165, 1.54) is 11.0 Å². The topological polar surface area (TPSA) is 171 Å². The van der Waals surface area contributed by atoms with E-state index in [1.54, 1.807) is 30.3 Å². The number of hydrogen-bond acceptors (Lipinski definition) is 7. The maximum atomic E-state index is 14.5. The van der Waals surface area contributed by atoms with Gasteiger partial charge in [-0.3, -0.25) is 19.2 Å². The fourth-order valence-electron chi connectivity index (χ4n) is 7.99. The third-order valence-electron chi connectivity index (χ3n) is 11.0. The van der Waals surface area contributed by atoms with Crippen molar-refractivity contribution in [2.45, 2.75) is 115 Å². The maximum Gasteiger partial charge on any atom is 0.315 e. The molecule has 12 nitrogen and oxygen atoms in total. The molecule has 1 heterocycles. The van der Waals surface area contributed by atoms with Gasteiger partial charge in [-0.15, -0.1) is 18.9 Å². The van der Waals surface area contributed by atoms with Gasteiger partial charge in [-0.1, -0.05) is 78.2 Å².